The maximum atomic E-state index is 3.78. The Bertz CT molecular complexity index is 273. The van der Waals surface area contributed by atoms with Crippen molar-refractivity contribution in [2.75, 3.05) is 7.05 Å². The first-order valence-electron chi connectivity index (χ1n) is 6.17. The average molecular weight is 223 g/mol. The predicted octanol–water partition coefficient (Wildman–Crippen LogP) is 4.85. The van der Waals surface area contributed by atoms with Gasteiger partial charge in [0, 0.05) is 14.2 Å². The average Bonchev–Trinajstić information content (AvgIpc) is 2.55. The van der Waals surface area contributed by atoms with E-state index in [1.807, 2.05) is 40.8 Å². The molecule has 1 aliphatic rings. The van der Waals surface area contributed by atoms with Crippen LogP contribution in [0.3, 0.4) is 0 Å². The molecule has 0 bridgehead atoms. The Morgan fingerprint density at radius 3 is 2.25 bits per heavy atom. The third-order valence-electron chi connectivity index (χ3n) is 1.95. The number of rotatable bonds is 2. The summed E-state index contributed by atoms with van der Waals surface area (Å²) in [6.07, 6.45) is 9.39. The van der Waals surface area contributed by atoms with Crippen molar-refractivity contribution in [3.63, 3.8) is 0 Å². The van der Waals surface area contributed by atoms with Gasteiger partial charge in [0.25, 0.3) is 0 Å². The molecule has 1 aliphatic carbocycles. The van der Waals surface area contributed by atoms with Crippen molar-refractivity contribution >= 4 is 0 Å². The molecule has 94 valence electrons. The standard InChI is InChI=1S/C11H15N.2C2H6.H2/c1-4-10-7-5-6-9(2)8-11(10)12-3;2*1-2;/h4,6-8,12H,1,5H2,2-3H3;2*1-2H3;1H. The Balaban J connectivity index is -0.000000355. The topological polar surface area (TPSA) is 12.0 Å². The van der Waals surface area contributed by atoms with Gasteiger partial charge in [-0.25, -0.2) is 0 Å². The molecule has 0 heterocycles. The molecule has 1 nitrogen and oxygen atoms in total. The van der Waals surface area contributed by atoms with E-state index in [0.717, 1.165) is 12.1 Å². The fourth-order valence-corrected chi connectivity index (χ4v) is 1.26. The highest BCUT2D eigenvalue weighted by Gasteiger charge is 2.01. The molecule has 0 aliphatic heterocycles. The van der Waals surface area contributed by atoms with Gasteiger partial charge in [0.15, 0.2) is 0 Å². The Morgan fingerprint density at radius 1 is 1.25 bits per heavy atom. The number of nitrogens with one attached hydrogen (secondary N) is 1. The van der Waals surface area contributed by atoms with E-state index in [2.05, 4.69) is 37.0 Å². The second-order valence-corrected chi connectivity index (χ2v) is 2.86. The van der Waals surface area contributed by atoms with Gasteiger partial charge in [-0.15, -0.1) is 0 Å². The number of likely N-dealkylation sites (N-methyl/N-ethyl adjacent to an activating group) is 1. The summed E-state index contributed by atoms with van der Waals surface area (Å²) >= 11 is 0. The van der Waals surface area contributed by atoms with Crippen LogP contribution < -0.4 is 5.32 Å². The monoisotopic (exact) mass is 223 g/mol. The van der Waals surface area contributed by atoms with E-state index in [4.69, 9.17) is 0 Å². The van der Waals surface area contributed by atoms with Crippen molar-refractivity contribution in [2.45, 2.75) is 41.0 Å². The molecular weight excluding hydrogens is 194 g/mol. The lowest BCUT2D eigenvalue weighted by Gasteiger charge is -2.05. The van der Waals surface area contributed by atoms with Crippen LogP contribution in [-0.2, 0) is 0 Å². The summed E-state index contributed by atoms with van der Waals surface area (Å²) in [5, 5.41) is 3.16. The molecule has 0 saturated heterocycles. The van der Waals surface area contributed by atoms with E-state index < -0.39 is 0 Å². The van der Waals surface area contributed by atoms with Gasteiger partial charge >= 0.3 is 0 Å². The van der Waals surface area contributed by atoms with Crippen LogP contribution in [0, 0.1) is 0 Å². The van der Waals surface area contributed by atoms with Gasteiger partial charge in [-0.1, -0.05) is 58.1 Å². The van der Waals surface area contributed by atoms with Gasteiger partial charge < -0.3 is 5.32 Å². The molecule has 0 aromatic rings. The maximum Gasteiger partial charge on any atom is 0.0410 e. The molecule has 1 heteroatoms. The van der Waals surface area contributed by atoms with Crippen LogP contribution in [0.25, 0.3) is 0 Å². The largest absolute Gasteiger partial charge is 0.388 e. The second kappa shape index (κ2) is 11.8. The van der Waals surface area contributed by atoms with Gasteiger partial charge in [-0.2, -0.15) is 0 Å². The lowest BCUT2D eigenvalue weighted by Crippen LogP contribution is -2.06. The summed E-state index contributed by atoms with van der Waals surface area (Å²) in [5.41, 5.74) is 3.63. The van der Waals surface area contributed by atoms with Crippen LogP contribution >= 0.6 is 0 Å². The van der Waals surface area contributed by atoms with E-state index in [1.54, 1.807) is 0 Å². The lowest BCUT2D eigenvalue weighted by molar-refractivity contribution is 1.01. The van der Waals surface area contributed by atoms with Crippen molar-refractivity contribution in [3.05, 3.63) is 47.7 Å². The zero-order valence-electron chi connectivity index (χ0n) is 11.7. The zero-order chi connectivity index (χ0) is 13.0. The van der Waals surface area contributed by atoms with Crippen molar-refractivity contribution in [3.8, 4) is 0 Å². The van der Waals surface area contributed by atoms with Crippen LogP contribution in [-0.4, -0.2) is 7.05 Å². The van der Waals surface area contributed by atoms with E-state index in [-0.39, 0.29) is 1.43 Å². The molecule has 0 aromatic carbocycles. The van der Waals surface area contributed by atoms with Gasteiger partial charge in [0.2, 0.25) is 0 Å². The van der Waals surface area contributed by atoms with E-state index in [1.165, 1.54) is 11.1 Å². The molecule has 0 fully saturated rings. The van der Waals surface area contributed by atoms with Crippen molar-refractivity contribution in [1.29, 1.82) is 0 Å². The van der Waals surface area contributed by atoms with Gasteiger partial charge in [0.05, 0.1) is 0 Å². The van der Waals surface area contributed by atoms with Crippen molar-refractivity contribution in [2.24, 2.45) is 0 Å². The van der Waals surface area contributed by atoms with E-state index in [9.17, 15) is 0 Å². The molecule has 0 unspecified atom stereocenters. The summed E-state index contributed by atoms with van der Waals surface area (Å²) in [6.45, 7) is 13.9. The number of hydrogen-bond donors (Lipinski definition) is 1. The third kappa shape index (κ3) is 6.28. The summed E-state index contributed by atoms with van der Waals surface area (Å²) < 4.78 is 0. The van der Waals surface area contributed by atoms with Crippen LogP contribution in [0.5, 0.6) is 0 Å². The SMILES string of the molecule is C=CC1=CCC=C(C)C=C1NC.CC.CC.[HH]. The third-order valence-corrected chi connectivity index (χ3v) is 1.95. The number of hydrogen-bond acceptors (Lipinski definition) is 1. The highest BCUT2D eigenvalue weighted by atomic mass is 14.8. The van der Waals surface area contributed by atoms with Crippen LogP contribution in [0.1, 0.15) is 42.5 Å². The van der Waals surface area contributed by atoms with Gasteiger partial charge in [0.1, 0.15) is 0 Å². The molecule has 0 spiro atoms. The highest BCUT2D eigenvalue weighted by Crippen LogP contribution is 2.16. The minimum absolute atomic E-state index is 0. The molecule has 1 N–H and O–H groups in total. The highest BCUT2D eigenvalue weighted by molar-refractivity contribution is 5.43. The van der Waals surface area contributed by atoms with E-state index >= 15 is 0 Å². The van der Waals surface area contributed by atoms with Crippen LogP contribution in [0.4, 0.5) is 0 Å². The Kier molecular flexibility index (Phi) is 12.7. The van der Waals surface area contributed by atoms with E-state index in [0.29, 0.717) is 0 Å². The Labute approximate surface area is 103 Å². The minimum Gasteiger partial charge on any atom is -0.388 e. The Morgan fingerprint density at radius 2 is 1.81 bits per heavy atom. The van der Waals surface area contributed by atoms with Crippen molar-refractivity contribution in [1.82, 2.24) is 5.32 Å². The molecular formula is C15H29N. The second-order valence-electron chi connectivity index (χ2n) is 2.86. The fraction of sp³-hybridized carbons (Fsp3) is 0.467. The Hall–Kier alpha value is -1.24. The maximum absolute atomic E-state index is 3.78. The summed E-state index contributed by atoms with van der Waals surface area (Å²) in [4.78, 5) is 0. The minimum atomic E-state index is 0. The molecule has 1 rings (SSSR count). The van der Waals surface area contributed by atoms with Crippen molar-refractivity contribution < 1.29 is 1.43 Å². The fourth-order valence-electron chi connectivity index (χ4n) is 1.26. The quantitative estimate of drug-likeness (QED) is 0.705. The number of allylic oxidation sites excluding steroid dienone is 5. The molecule has 0 atom stereocenters. The summed E-state index contributed by atoms with van der Waals surface area (Å²) in [7, 11) is 1.93. The van der Waals surface area contributed by atoms with Crippen LogP contribution in [0.15, 0.2) is 47.7 Å². The molecule has 0 saturated carbocycles. The zero-order valence-corrected chi connectivity index (χ0v) is 11.7. The van der Waals surface area contributed by atoms with Gasteiger partial charge in [-0.05, 0) is 25.0 Å². The first-order chi connectivity index (χ1) is 7.77. The summed E-state index contributed by atoms with van der Waals surface area (Å²) in [6, 6.07) is 0. The molecule has 16 heavy (non-hydrogen) atoms. The molecule has 0 radical (unpaired) electrons. The molecule has 0 amide bonds. The lowest BCUT2D eigenvalue weighted by atomic mass is 10.1. The first kappa shape index (κ1) is 17.2. The van der Waals surface area contributed by atoms with Gasteiger partial charge in [-0.3, -0.25) is 0 Å². The van der Waals surface area contributed by atoms with Crippen LogP contribution in [0.2, 0.25) is 0 Å². The predicted molar refractivity (Wildman–Crippen MR) is 78.6 cm³/mol. The summed E-state index contributed by atoms with van der Waals surface area (Å²) in [5.74, 6) is 0. The first-order valence-corrected chi connectivity index (χ1v) is 6.17. The molecule has 0 aromatic heterocycles. The normalized spacial score (nSPS) is 13.5. The smallest absolute Gasteiger partial charge is 0.0410 e.